The van der Waals surface area contributed by atoms with Gasteiger partial charge in [-0.25, -0.2) is 4.79 Å². The Balaban J connectivity index is 1.82. The van der Waals surface area contributed by atoms with Gasteiger partial charge in [0.15, 0.2) is 0 Å². The Kier molecular flexibility index (Phi) is 5.86. The minimum atomic E-state index is -0.433. The first-order chi connectivity index (χ1) is 12.2. The molecular formula is C20H18INO3. The molecule has 0 N–H and O–H groups in total. The van der Waals surface area contributed by atoms with Crippen LogP contribution in [0.1, 0.15) is 30.9 Å². The van der Waals surface area contributed by atoms with Gasteiger partial charge in [0.05, 0.1) is 12.2 Å². The zero-order valence-corrected chi connectivity index (χ0v) is 16.0. The maximum atomic E-state index is 12.1. The quantitative estimate of drug-likeness (QED) is 0.276. The minimum absolute atomic E-state index is 0.433. The van der Waals surface area contributed by atoms with E-state index in [0.29, 0.717) is 17.9 Å². The second kappa shape index (κ2) is 8.29. The highest BCUT2D eigenvalue weighted by molar-refractivity contribution is 14.1. The van der Waals surface area contributed by atoms with Crippen LogP contribution in [0, 0.1) is 3.57 Å². The molecule has 2 aromatic carbocycles. The average Bonchev–Trinajstić information content (AvgIpc) is 2.97. The highest BCUT2D eigenvalue weighted by Crippen LogP contribution is 2.23. The number of carbonyl (C=O) groups excluding carboxylic acids is 1. The molecule has 0 saturated heterocycles. The summed E-state index contributed by atoms with van der Waals surface area (Å²) >= 11 is 2.24. The third-order valence-electron chi connectivity index (χ3n) is 3.75. The van der Waals surface area contributed by atoms with E-state index in [1.807, 2.05) is 54.6 Å². The number of nitrogens with zero attached hydrogens (tertiary/aromatic N) is 1. The first-order valence-corrected chi connectivity index (χ1v) is 9.25. The Hall–Kier alpha value is -2.15. The standard InChI is InChI=1S/C20H18INO3/c1-2-3-11-24-17-9-7-15(8-10-17)19-18(20(23)25-22-19)13-14-5-4-6-16(21)12-14/h4-10,12-13H,2-3,11H2,1H3. The highest BCUT2D eigenvalue weighted by Gasteiger charge is 2.26. The number of hydrogen-bond acceptors (Lipinski definition) is 4. The third-order valence-corrected chi connectivity index (χ3v) is 4.42. The van der Waals surface area contributed by atoms with E-state index in [2.05, 4.69) is 34.7 Å². The van der Waals surface area contributed by atoms with Crippen LogP contribution in [0.2, 0.25) is 0 Å². The lowest BCUT2D eigenvalue weighted by atomic mass is 10.0. The molecule has 128 valence electrons. The van der Waals surface area contributed by atoms with E-state index in [1.165, 1.54) is 0 Å². The number of oxime groups is 1. The fraction of sp³-hybridized carbons (Fsp3) is 0.200. The van der Waals surface area contributed by atoms with Gasteiger partial charge in [-0.2, -0.15) is 0 Å². The van der Waals surface area contributed by atoms with Crippen molar-refractivity contribution in [2.45, 2.75) is 19.8 Å². The number of unbranched alkanes of at least 4 members (excludes halogenated alkanes) is 1. The highest BCUT2D eigenvalue weighted by atomic mass is 127. The Labute approximate surface area is 160 Å². The molecule has 1 aliphatic rings. The van der Waals surface area contributed by atoms with Gasteiger partial charge in [-0.15, -0.1) is 0 Å². The molecule has 0 amide bonds. The fourth-order valence-electron chi connectivity index (χ4n) is 2.42. The van der Waals surface area contributed by atoms with Gasteiger partial charge < -0.3 is 9.57 Å². The van der Waals surface area contributed by atoms with Crippen molar-refractivity contribution in [1.82, 2.24) is 0 Å². The summed E-state index contributed by atoms with van der Waals surface area (Å²) in [6.45, 7) is 2.83. The molecule has 0 unspecified atom stereocenters. The molecule has 0 bridgehead atoms. The van der Waals surface area contributed by atoms with Crippen molar-refractivity contribution in [2.24, 2.45) is 5.16 Å². The summed E-state index contributed by atoms with van der Waals surface area (Å²) in [5, 5.41) is 3.95. The number of ether oxygens (including phenoxy) is 1. The molecule has 1 heterocycles. The largest absolute Gasteiger partial charge is 0.494 e. The molecule has 0 aromatic heterocycles. The van der Waals surface area contributed by atoms with E-state index >= 15 is 0 Å². The van der Waals surface area contributed by atoms with Crippen molar-refractivity contribution in [2.75, 3.05) is 6.61 Å². The molecule has 0 radical (unpaired) electrons. The van der Waals surface area contributed by atoms with E-state index in [4.69, 9.17) is 9.57 Å². The number of carbonyl (C=O) groups is 1. The van der Waals surface area contributed by atoms with Gasteiger partial charge in [-0.3, -0.25) is 0 Å². The van der Waals surface area contributed by atoms with Crippen LogP contribution in [0.25, 0.3) is 6.08 Å². The van der Waals surface area contributed by atoms with Crippen LogP contribution in [-0.2, 0) is 9.63 Å². The predicted octanol–water partition coefficient (Wildman–Crippen LogP) is 4.81. The molecule has 1 aliphatic heterocycles. The SMILES string of the molecule is CCCCOc1ccc(C2=NOC(=O)C2=Cc2cccc(I)c2)cc1. The topological polar surface area (TPSA) is 47.9 Å². The van der Waals surface area contributed by atoms with Crippen molar-refractivity contribution >= 4 is 40.3 Å². The van der Waals surface area contributed by atoms with Crippen LogP contribution in [0.3, 0.4) is 0 Å². The molecule has 0 aliphatic carbocycles. The zero-order chi connectivity index (χ0) is 17.6. The van der Waals surface area contributed by atoms with Crippen LogP contribution in [0.4, 0.5) is 0 Å². The first-order valence-electron chi connectivity index (χ1n) is 8.17. The third kappa shape index (κ3) is 4.48. The van der Waals surface area contributed by atoms with Gasteiger partial charge in [-0.1, -0.05) is 30.6 Å². The van der Waals surface area contributed by atoms with E-state index in [1.54, 1.807) is 0 Å². The Morgan fingerprint density at radius 3 is 2.72 bits per heavy atom. The summed E-state index contributed by atoms with van der Waals surface area (Å²) in [6, 6.07) is 15.5. The summed E-state index contributed by atoms with van der Waals surface area (Å²) in [5.41, 5.74) is 2.77. The molecule has 25 heavy (non-hydrogen) atoms. The van der Waals surface area contributed by atoms with Crippen LogP contribution in [0.15, 0.2) is 59.3 Å². The Morgan fingerprint density at radius 1 is 1.20 bits per heavy atom. The van der Waals surface area contributed by atoms with Crippen LogP contribution in [0.5, 0.6) is 5.75 Å². The average molecular weight is 447 g/mol. The molecule has 0 saturated carbocycles. The Morgan fingerprint density at radius 2 is 2.00 bits per heavy atom. The molecule has 0 spiro atoms. The number of hydrogen-bond donors (Lipinski definition) is 0. The number of rotatable bonds is 6. The normalized spacial score (nSPS) is 15.2. The number of benzene rings is 2. The zero-order valence-electron chi connectivity index (χ0n) is 13.9. The monoisotopic (exact) mass is 447 g/mol. The van der Waals surface area contributed by atoms with E-state index in [0.717, 1.165) is 33.3 Å². The maximum Gasteiger partial charge on any atom is 0.368 e. The second-order valence-corrected chi connectivity index (χ2v) is 6.90. The predicted molar refractivity (Wildman–Crippen MR) is 107 cm³/mol. The lowest BCUT2D eigenvalue weighted by Crippen LogP contribution is -2.07. The van der Waals surface area contributed by atoms with Crippen molar-refractivity contribution < 1.29 is 14.4 Å². The van der Waals surface area contributed by atoms with Crippen molar-refractivity contribution in [3.05, 3.63) is 68.8 Å². The molecule has 3 rings (SSSR count). The molecule has 0 atom stereocenters. The summed E-state index contributed by atoms with van der Waals surface area (Å²) in [5.74, 6) is 0.378. The van der Waals surface area contributed by atoms with Crippen LogP contribution in [-0.4, -0.2) is 18.3 Å². The minimum Gasteiger partial charge on any atom is -0.494 e. The van der Waals surface area contributed by atoms with Gasteiger partial charge in [-0.05, 0) is 77.0 Å². The van der Waals surface area contributed by atoms with E-state index in [-0.39, 0.29) is 0 Å². The lowest BCUT2D eigenvalue weighted by molar-refractivity contribution is -0.136. The van der Waals surface area contributed by atoms with Crippen molar-refractivity contribution in [3.63, 3.8) is 0 Å². The van der Waals surface area contributed by atoms with Crippen LogP contribution >= 0.6 is 22.6 Å². The molecule has 4 nitrogen and oxygen atoms in total. The molecule has 5 heteroatoms. The summed E-state index contributed by atoms with van der Waals surface area (Å²) in [4.78, 5) is 16.9. The smallest absolute Gasteiger partial charge is 0.368 e. The van der Waals surface area contributed by atoms with Gasteiger partial charge >= 0.3 is 5.97 Å². The molecular weight excluding hydrogens is 429 g/mol. The summed E-state index contributed by atoms with van der Waals surface area (Å²) in [7, 11) is 0. The first kappa shape index (κ1) is 17.7. The molecule has 2 aromatic rings. The number of halogens is 1. The van der Waals surface area contributed by atoms with Crippen LogP contribution < -0.4 is 4.74 Å². The van der Waals surface area contributed by atoms with Crippen molar-refractivity contribution in [3.8, 4) is 5.75 Å². The lowest BCUT2D eigenvalue weighted by Gasteiger charge is -2.06. The van der Waals surface area contributed by atoms with Gasteiger partial charge in [0, 0.05) is 9.13 Å². The molecule has 0 fully saturated rings. The Bertz CT molecular complexity index is 825. The fourth-order valence-corrected chi connectivity index (χ4v) is 2.99. The van der Waals surface area contributed by atoms with Gasteiger partial charge in [0.1, 0.15) is 11.5 Å². The maximum absolute atomic E-state index is 12.1. The van der Waals surface area contributed by atoms with Gasteiger partial charge in [0.2, 0.25) is 0 Å². The van der Waals surface area contributed by atoms with Gasteiger partial charge in [0.25, 0.3) is 0 Å². The van der Waals surface area contributed by atoms with Crippen molar-refractivity contribution in [1.29, 1.82) is 0 Å². The second-order valence-electron chi connectivity index (χ2n) is 5.66. The van der Waals surface area contributed by atoms with E-state index in [9.17, 15) is 4.79 Å². The summed E-state index contributed by atoms with van der Waals surface area (Å²) in [6.07, 6.45) is 3.93. The van der Waals surface area contributed by atoms with E-state index < -0.39 is 5.97 Å². The summed E-state index contributed by atoms with van der Waals surface area (Å²) < 4.78 is 6.77.